The third-order valence-electron chi connectivity index (χ3n) is 3.25. The zero-order valence-corrected chi connectivity index (χ0v) is 14.4. The number of aromatic nitrogens is 3. The lowest BCUT2D eigenvalue weighted by Gasteiger charge is -2.09. The van der Waals surface area contributed by atoms with E-state index in [9.17, 15) is 0 Å². The molecule has 0 bridgehead atoms. The number of rotatable bonds is 4. The average Bonchev–Trinajstić information content (AvgIpc) is 2.53. The summed E-state index contributed by atoms with van der Waals surface area (Å²) in [6.07, 6.45) is 1.59. The van der Waals surface area contributed by atoms with Gasteiger partial charge in [0.2, 0.25) is 5.95 Å². The molecule has 2 aromatic carbocycles. The van der Waals surface area contributed by atoms with Crippen molar-refractivity contribution in [3.8, 4) is 0 Å². The highest BCUT2D eigenvalue weighted by Crippen LogP contribution is 2.25. The second-order valence-electron chi connectivity index (χ2n) is 5.26. The van der Waals surface area contributed by atoms with E-state index in [0.29, 0.717) is 11.8 Å². The normalized spacial score (nSPS) is 10.4. The van der Waals surface area contributed by atoms with E-state index in [1.165, 1.54) is 11.1 Å². The molecule has 0 aliphatic carbocycles. The zero-order chi connectivity index (χ0) is 16.2. The van der Waals surface area contributed by atoms with Crippen LogP contribution in [-0.4, -0.2) is 15.2 Å². The number of nitrogens with zero attached hydrogens (tertiary/aromatic N) is 3. The number of hydrogen-bond acceptors (Lipinski definition) is 5. The Kier molecular flexibility index (Phi) is 4.52. The van der Waals surface area contributed by atoms with Gasteiger partial charge < -0.3 is 10.6 Å². The van der Waals surface area contributed by atoms with E-state index in [1.807, 2.05) is 49.4 Å². The fourth-order valence-corrected chi connectivity index (χ4v) is 2.64. The van der Waals surface area contributed by atoms with Gasteiger partial charge in [-0.3, -0.25) is 0 Å². The van der Waals surface area contributed by atoms with E-state index in [2.05, 4.69) is 48.7 Å². The van der Waals surface area contributed by atoms with Crippen LogP contribution in [0.15, 0.2) is 53.1 Å². The zero-order valence-electron chi connectivity index (χ0n) is 12.8. The SMILES string of the molecule is Cc1ccc(Nc2cnnc(Nc3ccc(C)cc3Br)n2)cc1. The summed E-state index contributed by atoms with van der Waals surface area (Å²) in [6.45, 7) is 4.09. The Hall–Kier alpha value is -2.47. The van der Waals surface area contributed by atoms with E-state index < -0.39 is 0 Å². The van der Waals surface area contributed by atoms with Gasteiger partial charge in [0.25, 0.3) is 0 Å². The first-order valence-corrected chi connectivity index (χ1v) is 7.96. The number of aryl methyl sites for hydroxylation is 2. The molecule has 6 heteroatoms. The molecule has 1 heterocycles. The maximum absolute atomic E-state index is 4.43. The molecule has 0 saturated heterocycles. The standard InChI is InChI=1S/C17H16BrN5/c1-11-3-6-13(7-4-11)20-16-10-19-23-17(22-16)21-15-8-5-12(2)9-14(15)18/h3-10H,1-2H3,(H2,20,21,22,23). The highest BCUT2D eigenvalue weighted by atomic mass is 79.9. The quantitative estimate of drug-likeness (QED) is 0.695. The molecule has 0 atom stereocenters. The van der Waals surface area contributed by atoms with Crippen LogP contribution in [-0.2, 0) is 0 Å². The highest BCUT2D eigenvalue weighted by molar-refractivity contribution is 9.10. The maximum Gasteiger partial charge on any atom is 0.249 e. The van der Waals surface area contributed by atoms with E-state index in [-0.39, 0.29) is 0 Å². The van der Waals surface area contributed by atoms with E-state index in [0.717, 1.165) is 15.8 Å². The fourth-order valence-electron chi connectivity index (χ4n) is 2.04. The van der Waals surface area contributed by atoms with Gasteiger partial charge in [-0.1, -0.05) is 23.8 Å². The van der Waals surface area contributed by atoms with Gasteiger partial charge in [0, 0.05) is 10.2 Å². The summed E-state index contributed by atoms with van der Waals surface area (Å²) in [5, 5.41) is 14.4. The molecule has 1 aromatic heterocycles. The molecule has 0 amide bonds. The van der Waals surface area contributed by atoms with Gasteiger partial charge in [0.05, 0.1) is 11.9 Å². The van der Waals surface area contributed by atoms with E-state index in [1.54, 1.807) is 6.20 Å². The number of halogens is 1. The summed E-state index contributed by atoms with van der Waals surface area (Å²) in [6, 6.07) is 14.1. The van der Waals surface area contributed by atoms with Gasteiger partial charge in [-0.15, -0.1) is 5.10 Å². The van der Waals surface area contributed by atoms with Crippen molar-refractivity contribution in [1.29, 1.82) is 0 Å². The summed E-state index contributed by atoms with van der Waals surface area (Å²) in [5.74, 6) is 1.07. The number of anilines is 4. The molecule has 0 aliphatic rings. The molecule has 0 spiro atoms. The van der Waals surface area contributed by atoms with Crippen LogP contribution in [0.4, 0.5) is 23.1 Å². The molecule has 23 heavy (non-hydrogen) atoms. The molecular weight excluding hydrogens is 354 g/mol. The lowest BCUT2D eigenvalue weighted by atomic mass is 10.2. The molecule has 0 radical (unpaired) electrons. The first kappa shape index (κ1) is 15.4. The Balaban J connectivity index is 1.78. The number of benzene rings is 2. The molecule has 3 aromatic rings. The van der Waals surface area contributed by atoms with Crippen LogP contribution >= 0.6 is 15.9 Å². The Bertz CT molecular complexity index is 817. The summed E-state index contributed by atoms with van der Waals surface area (Å²) in [7, 11) is 0. The molecule has 2 N–H and O–H groups in total. The third-order valence-corrected chi connectivity index (χ3v) is 3.91. The number of hydrogen-bond donors (Lipinski definition) is 2. The van der Waals surface area contributed by atoms with Crippen molar-refractivity contribution in [2.75, 3.05) is 10.6 Å². The van der Waals surface area contributed by atoms with Crippen LogP contribution in [0.3, 0.4) is 0 Å². The Morgan fingerprint density at radius 1 is 0.913 bits per heavy atom. The van der Waals surface area contributed by atoms with Gasteiger partial charge in [-0.05, 0) is 59.6 Å². The number of nitrogens with one attached hydrogen (secondary N) is 2. The van der Waals surface area contributed by atoms with Crippen molar-refractivity contribution in [1.82, 2.24) is 15.2 Å². The smallest absolute Gasteiger partial charge is 0.249 e. The van der Waals surface area contributed by atoms with Crippen LogP contribution < -0.4 is 10.6 Å². The van der Waals surface area contributed by atoms with Crippen LogP contribution in [0.2, 0.25) is 0 Å². The predicted octanol–water partition coefficient (Wildman–Crippen LogP) is 4.74. The van der Waals surface area contributed by atoms with Crippen LogP contribution in [0.25, 0.3) is 0 Å². The summed E-state index contributed by atoms with van der Waals surface area (Å²) in [5.41, 5.74) is 4.24. The minimum atomic E-state index is 0.437. The first-order chi connectivity index (χ1) is 11.1. The highest BCUT2D eigenvalue weighted by Gasteiger charge is 2.05. The maximum atomic E-state index is 4.43. The van der Waals surface area contributed by atoms with Gasteiger partial charge >= 0.3 is 0 Å². The van der Waals surface area contributed by atoms with E-state index in [4.69, 9.17) is 0 Å². The summed E-state index contributed by atoms with van der Waals surface area (Å²) < 4.78 is 0.956. The molecule has 0 fully saturated rings. The summed E-state index contributed by atoms with van der Waals surface area (Å²) >= 11 is 3.53. The van der Waals surface area contributed by atoms with Crippen LogP contribution in [0.5, 0.6) is 0 Å². The second kappa shape index (κ2) is 6.75. The lowest BCUT2D eigenvalue weighted by molar-refractivity contribution is 0.982. The first-order valence-electron chi connectivity index (χ1n) is 7.17. The van der Waals surface area contributed by atoms with Crippen molar-refractivity contribution in [2.45, 2.75) is 13.8 Å². The van der Waals surface area contributed by atoms with Crippen molar-refractivity contribution in [3.05, 3.63) is 64.3 Å². The molecular formula is C17H16BrN5. The van der Waals surface area contributed by atoms with Crippen molar-refractivity contribution >= 4 is 39.1 Å². The minimum absolute atomic E-state index is 0.437. The summed E-state index contributed by atoms with van der Waals surface area (Å²) in [4.78, 5) is 4.43. The predicted molar refractivity (Wildman–Crippen MR) is 96.5 cm³/mol. The van der Waals surface area contributed by atoms with Gasteiger partial charge in [0.1, 0.15) is 0 Å². The van der Waals surface area contributed by atoms with Crippen molar-refractivity contribution in [2.24, 2.45) is 0 Å². The van der Waals surface area contributed by atoms with Crippen molar-refractivity contribution in [3.63, 3.8) is 0 Å². The monoisotopic (exact) mass is 369 g/mol. The molecule has 0 aliphatic heterocycles. The van der Waals surface area contributed by atoms with E-state index >= 15 is 0 Å². The Morgan fingerprint density at radius 2 is 1.65 bits per heavy atom. The largest absolute Gasteiger partial charge is 0.339 e. The molecule has 5 nitrogen and oxygen atoms in total. The fraction of sp³-hybridized carbons (Fsp3) is 0.118. The molecule has 0 saturated carbocycles. The van der Waals surface area contributed by atoms with Gasteiger partial charge in [0.15, 0.2) is 5.82 Å². The molecule has 0 unspecified atom stereocenters. The van der Waals surface area contributed by atoms with Crippen LogP contribution in [0, 0.1) is 13.8 Å². The second-order valence-corrected chi connectivity index (χ2v) is 6.12. The minimum Gasteiger partial charge on any atom is -0.339 e. The molecule has 116 valence electrons. The average molecular weight is 370 g/mol. The van der Waals surface area contributed by atoms with Crippen molar-refractivity contribution < 1.29 is 0 Å². The Morgan fingerprint density at radius 3 is 2.39 bits per heavy atom. The van der Waals surface area contributed by atoms with Gasteiger partial charge in [-0.25, -0.2) is 0 Å². The van der Waals surface area contributed by atoms with Crippen LogP contribution in [0.1, 0.15) is 11.1 Å². The Labute approximate surface area is 143 Å². The molecule has 3 rings (SSSR count). The third kappa shape index (κ3) is 4.04. The lowest BCUT2D eigenvalue weighted by Crippen LogP contribution is -2.02. The van der Waals surface area contributed by atoms with Gasteiger partial charge in [-0.2, -0.15) is 10.1 Å². The topological polar surface area (TPSA) is 62.7 Å².